The molecule has 5 aromatic rings. The number of benzene rings is 3. The van der Waals surface area contributed by atoms with Gasteiger partial charge in [0.15, 0.2) is 0 Å². The van der Waals surface area contributed by atoms with E-state index in [1.807, 2.05) is 36.7 Å². The number of aryl methyl sites for hydroxylation is 2. The maximum absolute atomic E-state index is 12.6. The van der Waals surface area contributed by atoms with Gasteiger partial charge in [-0.25, -0.2) is 0 Å². The predicted molar refractivity (Wildman–Crippen MR) is 157 cm³/mol. The standard InChI is InChI=1S/C32H26N8O4/c41-29-23-7-1-2-8-24(23)30(42)39(29)17-5-15-37-19-27(33-35-37)21-11-13-22(14-12-21)28-20-38(36-34-28)16-6-18-40-31(43)25-9-3-4-10-26(25)32(40)44/h1-4,7-14,19-20H,5-6,15-18H2. The molecule has 0 saturated carbocycles. The van der Waals surface area contributed by atoms with Gasteiger partial charge in [0.05, 0.1) is 34.6 Å². The van der Waals surface area contributed by atoms with Gasteiger partial charge in [-0.1, -0.05) is 59.0 Å². The first-order valence-corrected chi connectivity index (χ1v) is 14.3. The second-order valence-electron chi connectivity index (χ2n) is 10.6. The number of rotatable bonds is 10. The Balaban J connectivity index is 0.912. The van der Waals surface area contributed by atoms with E-state index in [1.165, 1.54) is 9.80 Å². The van der Waals surface area contributed by atoms with Crippen molar-refractivity contribution in [3.63, 3.8) is 0 Å². The van der Waals surface area contributed by atoms with E-state index in [9.17, 15) is 19.2 Å². The van der Waals surface area contributed by atoms with Crippen LogP contribution in [-0.2, 0) is 13.1 Å². The molecule has 0 spiro atoms. The summed E-state index contributed by atoms with van der Waals surface area (Å²) >= 11 is 0. The molecule has 0 aliphatic carbocycles. The molecule has 0 N–H and O–H groups in total. The molecule has 44 heavy (non-hydrogen) atoms. The smallest absolute Gasteiger partial charge is 0.261 e. The van der Waals surface area contributed by atoms with Gasteiger partial charge in [0.2, 0.25) is 0 Å². The summed E-state index contributed by atoms with van der Waals surface area (Å²) in [6, 6.07) is 21.5. The highest BCUT2D eigenvalue weighted by Gasteiger charge is 2.35. The summed E-state index contributed by atoms with van der Waals surface area (Å²) in [6.07, 6.45) is 4.78. The van der Waals surface area contributed by atoms with Crippen molar-refractivity contribution in [3.05, 3.63) is 107 Å². The Morgan fingerprint density at radius 3 is 1.14 bits per heavy atom. The molecule has 0 fully saturated rings. The van der Waals surface area contributed by atoms with E-state index in [-0.39, 0.29) is 23.6 Å². The fourth-order valence-corrected chi connectivity index (χ4v) is 5.56. The average Bonchev–Trinajstić information content (AvgIpc) is 3.83. The van der Waals surface area contributed by atoms with Gasteiger partial charge in [-0.15, -0.1) is 10.2 Å². The number of hydrogen-bond acceptors (Lipinski definition) is 8. The molecule has 0 bridgehead atoms. The highest BCUT2D eigenvalue weighted by atomic mass is 16.2. The Hall–Kier alpha value is -5.78. The van der Waals surface area contributed by atoms with Gasteiger partial charge in [-0.2, -0.15) is 0 Å². The highest BCUT2D eigenvalue weighted by molar-refractivity contribution is 6.22. The molecule has 0 unspecified atom stereocenters. The summed E-state index contributed by atoms with van der Waals surface area (Å²) in [5, 5.41) is 17.0. The minimum absolute atomic E-state index is 0.258. The third-order valence-electron chi connectivity index (χ3n) is 7.85. The van der Waals surface area contributed by atoms with Gasteiger partial charge >= 0.3 is 0 Å². The molecule has 0 saturated heterocycles. The summed E-state index contributed by atoms with van der Waals surface area (Å²) in [5.74, 6) is -1.03. The predicted octanol–water partition coefficient (Wildman–Crippen LogP) is 3.58. The Morgan fingerprint density at radius 1 is 0.455 bits per heavy atom. The van der Waals surface area contributed by atoms with E-state index in [4.69, 9.17) is 0 Å². The van der Waals surface area contributed by atoms with Gasteiger partial charge in [-0.05, 0) is 37.1 Å². The van der Waals surface area contributed by atoms with Crippen LogP contribution >= 0.6 is 0 Å². The van der Waals surface area contributed by atoms with Gasteiger partial charge in [-0.3, -0.25) is 38.3 Å². The monoisotopic (exact) mass is 586 g/mol. The molecular weight excluding hydrogens is 560 g/mol. The van der Waals surface area contributed by atoms with E-state index in [0.717, 1.165) is 11.1 Å². The van der Waals surface area contributed by atoms with Crippen molar-refractivity contribution in [2.24, 2.45) is 0 Å². The molecule has 218 valence electrons. The number of carbonyl (C=O) groups is 4. The zero-order valence-electron chi connectivity index (χ0n) is 23.5. The average molecular weight is 587 g/mol. The number of nitrogens with zero attached hydrogens (tertiary/aromatic N) is 8. The normalized spacial score (nSPS) is 14.1. The molecule has 0 radical (unpaired) electrons. The van der Waals surface area contributed by atoms with Crippen molar-refractivity contribution < 1.29 is 19.2 Å². The first-order valence-electron chi connectivity index (χ1n) is 14.3. The second kappa shape index (κ2) is 11.1. The molecule has 4 heterocycles. The Morgan fingerprint density at radius 2 is 0.795 bits per heavy atom. The summed E-state index contributed by atoms with van der Waals surface area (Å²) < 4.78 is 3.41. The summed E-state index contributed by atoms with van der Waals surface area (Å²) in [5.41, 5.74) is 4.97. The van der Waals surface area contributed by atoms with Crippen LogP contribution in [0.3, 0.4) is 0 Å². The fourth-order valence-electron chi connectivity index (χ4n) is 5.56. The third-order valence-corrected chi connectivity index (χ3v) is 7.85. The lowest BCUT2D eigenvalue weighted by molar-refractivity contribution is 0.0634. The number of carbonyl (C=O) groups excluding carboxylic acids is 4. The number of imide groups is 2. The summed E-state index contributed by atoms with van der Waals surface area (Å²) in [7, 11) is 0. The number of amides is 4. The second-order valence-corrected chi connectivity index (χ2v) is 10.6. The van der Waals surface area contributed by atoms with Gasteiger partial charge in [0.1, 0.15) is 11.4 Å². The first-order chi connectivity index (χ1) is 21.5. The van der Waals surface area contributed by atoms with Crippen LogP contribution in [0.25, 0.3) is 22.5 Å². The molecule has 3 aromatic carbocycles. The van der Waals surface area contributed by atoms with Crippen LogP contribution in [0.4, 0.5) is 0 Å². The molecule has 2 aromatic heterocycles. The SMILES string of the molecule is O=C1c2ccccc2C(=O)N1CCCn1cc(-c2ccc(-c3cn(CCCN4C(=O)c5ccccc5C4=O)nn3)cc2)nn1. The Bertz CT molecular complexity index is 1720. The quantitative estimate of drug-likeness (QED) is 0.227. The maximum atomic E-state index is 12.6. The van der Waals surface area contributed by atoms with Crippen molar-refractivity contribution in [3.8, 4) is 22.5 Å². The highest BCUT2D eigenvalue weighted by Crippen LogP contribution is 2.25. The first kappa shape index (κ1) is 27.1. The molecule has 2 aliphatic heterocycles. The largest absolute Gasteiger partial charge is 0.274 e. The van der Waals surface area contributed by atoms with Crippen molar-refractivity contribution in [2.75, 3.05) is 13.1 Å². The lowest BCUT2D eigenvalue weighted by Gasteiger charge is -2.13. The van der Waals surface area contributed by atoms with Gasteiger partial charge in [0, 0.05) is 37.3 Å². The van der Waals surface area contributed by atoms with Crippen LogP contribution in [0.2, 0.25) is 0 Å². The number of fused-ring (bicyclic) bond motifs is 2. The van der Waals surface area contributed by atoms with Crippen LogP contribution in [0.5, 0.6) is 0 Å². The van der Waals surface area contributed by atoms with Crippen LogP contribution in [0.15, 0.2) is 85.2 Å². The van der Waals surface area contributed by atoms with Crippen molar-refractivity contribution in [1.29, 1.82) is 0 Å². The molecule has 2 aliphatic rings. The van der Waals surface area contributed by atoms with Gasteiger partial charge in [0.25, 0.3) is 23.6 Å². The topological polar surface area (TPSA) is 136 Å². The molecule has 12 heteroatoms. The van der Waals surface area contributed by atoms with E-state index >= 15 is 0 Å². The number of hydrogen-bond donors (Lipinski definition) is 0. The molecule has 0 atom stereocenters. The number of aromatic nitrogens is 6. The molecule has 12 nitrogen and oxygen atoms in total. The van der Waals surface area contributed by atoms with Gasteiger partial charge < -0.3 is 0 Å². The lowest BCUT2D eigenvalue weighted by Crippen LogP contribution is -2.31. The zero-order chi connectivity index (χ0) is 30.2. The van der Waals surface area contributed by atoms with E-state index in [1.54, 1.807) is 57.9 Å². The van der Waals surface area contributed by atoms with E-state index < -0.39 is 0 Å². The maximum Gasteiger partial charge on any atom is 0.261 e. The van der Waals surface area contributed by atoms with Crippen LogP contribution in [0, 0.1) is 0 Å². The van der Waals surface area contributed by atoms with Crippen molar-refractivity contribution in [2.45, 2.75) is 25.9 Å². The Kier molecular flexibility index (Phi) is 6.85. The summed E-state index contributed by atoms with van der Waals surface area (Å²) in [6.45, 7) is 1.63. The van der Waals surface area contributed by atoms with E-state index in [0.29, 0.717) is 72.7 Å². The van der Waals surface area contributed by atoms with Crippen molar-refractivity contribution >= 4 is 23.6 Å². The lowest BCUT2D eigenvalue weighted by atomic mass is 10.1. The van der Waals surface area contributed by atoms with Crippen molar-refractivity contribution in [1.82, 2.24) is 39.8 Å². The molecular formula is C32H26N8O4. The molecule has 4 amide bonds. The fraction of sp³-hybridized carbons (Fsp3) is 0.188. The van der Waals surface area contributed by atoms with Crippen LogP contribution in [-0.4, -0.2) is 76.5 Å². The zero-order valence-corrected chi connectivity index (χ0v) is 23.5. The van der Waals surface area contributed by atoms with Crippen LogP contribution < -0.4 is 0 Å². The minimum atomic E-state index is -0.258. The minimum Gasteiger partial charge on any atom is -0.274 e. The van der Waals surface area contributed by atoms with E-state index in [2.05, 4.69) is 20.6 Å². The summed E-state index contributed by atoms with van der Waals surface area (Å²) in [4.78, 5) is 52.8. The third kappa shape index (κ3) is 4.85. The Labute approximate surface area is 251 Å². The van der Waals surface area contributed by atoms with Crippen LogP contribution in [0.1, 0.15) is 54.3 Å². The molecule has 7 rings (SSSR count).